The molecule has 0 radical (unpaired) electrons. The first-order valence-electron chi connectivity index (χ1n) is 9.90. The maximum Gasteiger partial charge on any atom is 0.339 e. The number of rotatable bonds is 4. The molecule has 3 heterocycles. The van der Waals surface area contributed by atoms with Gasteiger partial charge >= 0.3 is 5.97 Å². The van der Waals surface area contributed by atoms with Gasteiger partial charge in [-0.15, -0.1) is 0 Å². The van der Waals surface area contributed by atoms with E-state index >= 15 is 0 Å². The molecular weight excluding hydrogens is 370 g/mol. The van der Waals surface area contributed by atoms with Crippen LogP contribution < -0.4 is 4.90 Å². The van der Waals surface area contributed by atoms with Crippen LogP contribution in [0.1, 0.15) is 53.0 Å². The molecule has 29 heavy (non-hydrogen) atoms. The van der Waals surface area contributed by atoms with E-state index in [4.69, 9.17) is 9.26 Å². The molecule has 1 fully saturated rings. The van der Waals surface area contributed by atoms with Crippen LogP contribution in [0.2, 0.25) is 0 Å². The molecule has 0 spiro atoms. The van der Waals surface area contributed by atoms with Gasteiger partial charge in [0.1, 0.15) is 0 Å². The van der Waals surface area contributed by atoms with Crippen LogP contribution in [0.4, 0.5) is 5.69 Å². The van der Waals surface area contributed by atoms with Crippen molar-refractivity contribution in [2.45, 2.75) is 45.1 Å². The molecule has 1 amide bonds. The Bertz CT molecular complexity index is 1130. The lowest BCUT2D eigenvalue weighted by atomic mass is 10.1. The second-order valence-corrected chi connectivity index (χ2v) is 7.73. The monoisotopic (exact) mass is 391 g/mol. The zero-order valence-corrected chi connectivity index (χ0v) is 16.3. The predicted molar refractivity (Wildman–Crippen MR) is 106 cm³/mol. The molecule has 0 bridgehead atoms. The van der Waals surface area contributed by atoms with Crippen LogP contribution in [-0.2, 0) is 16.0 Å². The summed E-state index contributed by atoms with van der Waals surface area (Å²) in [5.41, 5.74) is 4.10. The van der Waals surface area contributed by atoms with E-state index in [1.165, 1.54) is 0 Å². The molecule has 0 N–H and O–H groups in total. The summed E-state index contributed by atoms with van der Waals surface area (Å²) < 4.78 is 10.9. The Labute approximate surface area is 167 Å². The Morgan fingerprint density at radius 1 is 1.28 bits per heavy atom. The van der Waals surface area contributed by atoms with Gasteiger partial charge < -0.3 is 14.2 Å². The van der Waals surface area contributed by atoms with Crippen molar-refractivity contribution in [1.82, 2.24) is 10.1 Å². The van der Waals surface area contributed by atoms with Crippen molar-refractivity contribution in [3.8, 4) is 0 Å². The number of hydrogen-bond acceptors (Lipinski definition) is 6. The standard InChI is InChI=1S/C22H21N3O4/c1-12-19-16(11-17(14-7-8-14)23-20(19)29-24-12)22(27)28-13(2)21(26)25-10-9-15-5-3-4-6-18(15)25/h3-6,11,13-14H,7-10H2,1-2H3/t13-/m0/s1. The number of pyridine rings is 1. The van der Waals surface area contributed by atoms with E-state index in [1.807, 2.05) is 24.3 Å². The van der Waals surface area contributed by atoms with Gasteiger partial charge in [0.15, 0.2) is 6.10 Å². The van der Waals surface area contributed by atoms with Crippen molar-refractivity contribution in [3.05, 3.63) is 52.8 Å². The minimum Gasteiger partial charge on any atom is -0.449 e. The topological polar surface area (TPSA) is 85.5 Å². The number of benzene rings is 1. The minimum absolute atomic E-state index is 0.224. The Balaban J connectivity index is 1.40. The first-order valence-corrected chi connectivity index (χ1v) is 9.90. The quantitative estimate of drug-likeness (QED) is 0.633. The molecule has 1 aliphatic carbocycles. The summed E-state index contributed by atoms with van der Waals surface area (Å²) >= 11 is 0. The van der Waals surface area contributed by atoms with Crippen molar-refractivity contribution in [2.24, 2.45) is 0 Å². The van der Waals surface area contributed by atoms with Crippen molar-refractivity contribution in [1.29, 1.82) is 0 Å². The number of nitrogens with zero attached hydrogens (tertiary/aromatic N) is 3. The summed E-state index contributed by atoms with van der Waals surface area (Å²) in [4.78, 5) is 32.1. The number of fused-ring (bicyclic) bond motifs is 2. The first kappa shape index (κ1) is 17.8. The Morgan fingerprint density at radius 2 is 2.07 bits per heavy atom. The average Bonchev–Trinajstić information content (AvgIpc) is 3.39. The van der Waals surface area contributed by atoms with Crippen LogP contribution in [0, 0.1) is 6.92 Å². The third kappa shape index (κ3) is 3.06. The van der Waals surface area contributed by atoms with Gasteiger partial charge in [0.25, 0.3) is 11.6 Å². The molecule has 1 saturated carbocycles. The van der Waals surface area contributed by atoms with Gasteiger partial charge in [-0.05, 0) is 50.8 Å². The van der Waals surface area contributed by atoms with Crippen LogP contribution >= 0.6 is 0 Å². The maximum atomic E-state index is 13.0. The fourth-order valence-corrected chi connectivity index (χ4v) is 3.92. The van der Waals surface area contributed by atoms with Gasteiger partial charge in [-0.3, -0.25) is 4.79 Å². The van der Waals surface area contributed by atoms with Crippen LogP contribution in [0.3, 0.4) is 0 Å². The Morgan fingerprint density at radius 3 is 2.86 bits per heavy atom. The molecule has 1 aromatic carbocycles. The molecule has 0 saturated heterocycles. The lowest BCUT2D eigenvalue weighted by Gasteiger charge is -2.21. The summed E-state index contributed by atoms with van der Waals surface area (Å²) in [6, 6.07) is 9.56. The number of para-hydroxylation sites is 1. The number of ether oxygens (including phenoxy) is 1. The molecule has 2 aliphatic rings. The average molecular weight is 391 g/mol. The van der Waals surface area contributed by atoms with Crippen molar-refractivity contribution >= 4 is 28.7 Å². The van der Waals surface area contributed by atoms with Crippen molar-refractivity contribution in [2.75, 3.05) is 11.4 Å². The van der Waals surface area contributed by atoms with Crippen LogP contribution in [0.15, 0.2) is 34.9 Å². The number of aryl methyl sites for hydroxylation is 1. The van der Waals surface area contributed by atoms with Gasteiger partial charge in [-0.1, -0.05) is 23.4 Å². The summed E-state index contributed by atoms with van der Waals surface area (Å²) in [6.45, 7) is 3.97. The summed E-state index contributed by atoms with van der Waals surface area (Å²) in [5.74, 6) is -0.437. The van der Waals surface area contributed by atoms with E-state index in [9.17, 15) is 9.59 Å². The zero-order valence-electron chi connectivity index (χ0n) is 16.3. The molecule has 7 nitrogen and oxygen atoms in total. The number of esters is 1. The minimum atomic E-state index is -0.901. The largest absolute Gasteiger partial charge is 0.449 e. The summed E-state index contributed by atoms with van der Waals surface area (Å²) in [5, 5.41) is 4.49. The lowest BCUT2D eigenvalue weighted by molar-refractivity contribution is -0.126. The normalized spacial score (nSPS) is 16.7. The van der Waals surface area contributed by atoms with Crippen LogP contribution in [0.25, 0.3) is 11.1 Å². The lowest BCUT2D eigenvalue weighted by Crippen LogP contribution is -2.39. The third-order valence-electron chi connectivity index (χ3n) is 5.64. The van der Waals surface area contributed by atoms with Gasteiger partial charge in [0.2, 0.25) is 0 Å². The molecule has 0 unspecified atom stereocenters. The predicted octanol–water partition coefficient (Wildman–Crippen LogP) is 3.54. The molecule has 3 aromatic rings. The van der Waals surface area contributed by atoms with E-state index in [0.29, 0.717) is 34.8 Å². The smallest absolute Gasteiger partial charge is 0.339 e. The molecule has 1 atom stereocenters. The van der Waals surface area contributed by atoms with Gasteiger partial charge in [-0.2, -0.15) is 0 Å². The van der Waals surface area contributed by atoms with Crippen LogP contribution in [0.5, 0.6) is 0 Å². The summed E-state index contributed by atoms with van der Waals surface area (Å²) in [7, 11) is 0. The van der Waals surface area contributed by atoms with Gasteiger partial charge in [-0.25, -0.2) is 9.78 Å². The highest BCUT2D eigenvalue weighted by atomic mass is 16.5. The number of amides is 1. The molecular formula is C22H21N3O4. The number of aromatic nitrogens is 2. The van der Waals surface area contributed by atoms with Crippen molar-refractivity contribution < 1.29 is 18.8 Å². The van der Waals surface area contributed by atoms with Crippen LogP contribution in [-0.4, -0.2) is 34.7 Å². The molecule has 5 rings (SSSR count). The van der Waals surface area contributed by atoms with E-state index in [-0.39, 0.29) is 5.91 Å². The van der Waals surface area contributed by atoms with E-state index in [0.717, 1.165) is 36.2 Å². The van der Waals surface area contributed by atoms with E-state index in [2.05, 4.69) is 10.1 Å². The highest BCUT2D eigenvalue weighted by Crippen LogP contribution is 2.40. The van der Waals surface area contributed by atoms with Gasteiger partial charge in [0.05, 0.1) is 16.6 Å². The Hall–Kier alpha value is -3.22. The SMILES string of the molecule is Cc1noc2nc(C3CC3)cc(C(=O)O[C@@H](C)C(=O)N3CCc4ccccc43)c12. The molecule has 7 heteroatoms. The second kappa shape index (κ2) is 6.69. The fraction of sp³-hybridized carbons (Fsp3) is 0.364. The van der Waals surface area contributed by atoms with Crippen molar-refractivity contribution in [3.63, 3.8) is 0 Å². The molecule has 148 valence electrons. The number of anilines is 1. The number of hydrogen-bond donors (Lipinski definition) is 0. The highest BCUT2D eigenvalue weighted by Gasteiger charge is 2.32. The highest BCUT2D eigenvalue weighted by molar-refractivity contribution is 6.05. The first-order chi connectivity index (χ1) is 14.0. The van der Waals surface area contributed by atoms with E-state index in [1.54, 1.807) is 24.8 Å². The summed E-state index contributed by atoms with van der Waals surface area (Å²) in [6.07, 6.45) is 1.99. The van der Waals surface area contributed by atoms with E-state index < -0.39 is 12.1 Å². The second-order valence-electron chi connectivity index (χ2n) is 7.73. The number of carbonyl (C=O) groups excluding carboxylic acids is 2. The molecule has 1 aliphatic heterocycles. The zero-order chi connectivity index (χ0) is 20.1. The van der Waals surface area contributed by atoms with Gasteiger partial charge in [0, 0.05) is 23.8 Å². The molecule has 2 aromatic heterocycles. The Kier molecular flexibility index (Phi) is 4.12. The fourth-order valence-electron chi connectivity index (χ4n) is 3.92. The number of carbonyl (C=O) groups is 2. The third-order valence-corrected chi connectivity index (χ3v) is 5.64. The maximum absolute atomic E-state index is 13.0.